The van der Waals surface area contributed by atoms with Gasteiger partial charge in [-0.2, -0.15) is 0 Å². The highest BCUT2D eigenvalue weighted by atomic mass is 16.6. The molecule has 76 heavy (non-hydrogen) atoms. The molecule has 16 heteroatoms. The minimum absolute atomic E-state index is 0.131. The van der Waals surface area contributed by atoms with Gasteiger partial charge in [0.1, 0.15) is 24.3 Å². The number of amides is 2. The fraction of sp³-hybridized carbons (Fsp3) is 0.333. The van der Waals surface area contributed by atoms with Crippen LogP contribution in [-0.2, 0) is 54.3 Å². The Labute approximate surface area is 443 Å². The van der Waals surface area contributed by atoms with Crippen LogP contribution in [-0.4, -0.2) is 84.2 Å². The number of rotatable bonds is 24. The number of nitrogens with zero attached hydrogens (tertiary/aromatic N) is 2. The van der Waals surface area contributed by atoms with Gasteiger partial charge >= 0.3 is 23.9 Å². The minimum Gasteiger partial charge on any atom is -0.493 e. The normalized spacial score (nSPS) is 13.4. The lowest BCUT2D eigenvalue weighted by atomic mass is 9.87. The van der Waals surface area contributed by atoms with E-state index in [-0.39, 0.29) is 52.1 Å². The molecular formula is C60H66N4O12. The molecule has 2 amide bonds. The summed E-state index contributed by atoms with van der Waals surface area (Å²) in [5.41, 5.74) is 5.78. The monoisotopic (exact) mass is 1030 g/mol. The van der Waals surface area contributed by atoms with E-state index in [9.17, 15) is 28.8 Å². The average Bonchev–Trinajstić information content (AvgIpc) is 3.40. The van der Waals surface area contributed by atoms with Crippen LogP contribution < -0.4 is 29.6 Å². The molecule has 0 aliphatic heterocycles. The van der Waals surface area contributed by atoms with Crippen LogP contribution in [0.4, 0.5) is 0 Å². The summed E-state index contributed by atoms with van der Waals surface area (Å²) >= 11 is 0. The summed E-state index contributed by atoms with van der Waals surface area (Å²) < 4.78 is 33.3. The van der Waals surface area contributed by atoms with Crippen molar-refractivity contribution in [3.8, 4) is 34.1 Å². The zero-order valence-electron chi connectivity index (χ0n) is 44.4. The molecular weight excluding hydrogens is 969 g/mol. The highest BCUT2D eigenvalue weighted by molar-refractivity contribution is 5.99. The maximum absolute atomic E-state index is 14.0. The van der Waals surface area contributed by atoms with E-state index in [1.165, 1.54) is 59.5 Å². The third-order valence-electron chi connectivity index (χ3n) is 12.8. The second-order valence-electron chi connectivity index (χ2n) is 18.9. The predicted octanol–water partition coefficient (Wildman–Crippen LogP) is 8.95. The first-order valence-corrected chi connectivity index (χ1v) is 25.2. The van der Waals surface area contributed by atoms with Gasteiger partial charge in [0, 0.05) is 50.2 Å². The van der Waals surface area contributed by atoms with Gasteiger partial charge in [-0.05, 0) is 85.8 Å². The molecule has 398 valence electrons. The van der Waals surface area contributed by atoms with Gasteiger partial charge < -0.3 is 39.1 Å². The van der Waals surface area contributed by atoms with Crippen molar-refractivity contribution in [2.75, 3.05) is 14.2 Å². The highest BCUT2D eigenvalue weighted by Gasteiger charge is 2.33. The lowest BCUT2D eigenvalue weighted by molar-refractivity contribution is -0.154. The topological polar surface area (TPSA) is 208 Å². The first kappa shape index (κ1) is 56.9. The molecule has 6 aromatic rings. The Balaban J connectivity index is 1.15. The third kappa shape index (κ3) is 15.8. The Morgan fingerprint density at radius 1 is 0.487 bits per heavy atom. The molecule has 4 unspecified atom stereocenters. The van der Waals surface area contributed by atoms with E-state index in [4.69, 9.17) is 28.4 Å². The summed E-state index contributed by atoms with van der Waals surface area (Å²) in [6.45, 7) is 11.2. The summed E-state index contributed by atoms with van der Waals surface area (Å²) in [6, 6.07) is 37.3. The average molecular weight is 1040 g/mol. The van der Waals surface area contributed by atoms with Gasteiger partial charge in [-0.3, -0.25) is 19.2 Å². The smallest absolute Gasteiger partial charge is 0.329 e. The van der Waals surface area contributed by atoms with Crippen molar-refractivity contribution in [2.45, 2.75) is 98.4 Å². The minimum atomic E-state index is -1.07. The Kier molecular flexibility index (Phi) is 20.4. The number of carbonyl (C=O) groups is 6. The maximum Gasteiger partial charge on any atom is 0.329 e. The number of nitrogens with one attached hydrogen (secondary N) is 2. The molecule has 0 aliphatic carbocycles. The Morgan fingerprint density at radius 2 is 0.921 bits per heavy atom. The number of pyridine rings is 2. The van der Waals surface area contributed by atoms with E-state index in [0.717, 1.165) is 33.4 Å². The second kappa shape index (κ2) is 27.2. The zero-order chi connectivity index (χ0) is 54.9. The molecule has 4 aromatic carbocycles. The summed E-state index contributed by atoms with van der Waals surface area (Å²) in [4.78, 5) is 86.5. The van der Waals surface area contributed by atoms with Crippen LogP contribution in [0.2, 0.25) is 0 Å². The molecule has 0 saturated carbocycles. The van der Waals surface area contributed by atoms with Crippen molar-refractivity contribution in [1.82, 2.24) is 20.6 Å². The molecule has 0 spiro atoms. The zero-order valence-corrected chi connectivity index (χ0v) is 44.4. The quantitative estimate of drug-likeness (QED) is 0.0543. The van der Waals surface area contributed by atoms with Gasteiger partial charge in [-0.1, -0.05) is 123 Å². The van der Waals surface area contributed by atoms with Crippen molar-refractivity contribution in [3.05, 3.63) is 167 Å². The van der Waals surface area contributed by atoms with Crippen LogP contribution in [0.5, 0.6) is 23.0 Å². The number of carbonyl (C=O) groups excluding carboxylic acids is 6. The summed E-state index contributed by atoms with van der Waals surface area (Å²) in [5.74, 6) is -4.80. The number of ether oxygens (including phenoxy) is 6. The first-order chi connectivity index (χ1) is 36.4. The van der Waals surface area contributed by atoms with Crippen LogP contribution >= 0.6 is 0 Å². The number of methoxy groups -OCH3 is 2. The third-order valence-corrected chi connectivity index (χ3v) is 12.8. The first-order valence-electron chi connectivity index (χ1n) is 25.2. The van der Waals surface area contributed by atoms with Gasteiger partial charge in [0.15, 0.2) is 22.9 Å². The van der Waals surface area contributed by atoms with Crippen LogP contribution in [0.15, 0.2) is 134 Å². The molecule has 2 aromatic heterocycles. The van der Waals surface area contributed by atoms with Crippen molar-refractivity contribution in [2.24, 2.45) is 17.8 Å². The van der Waals surface area contributed by atoms with Crippen molar-refractivity contribution in [1.29, 1.82) is 0 Å². The van der Waals surface area contributed by atoms with Crippen LogP contribution in [0, 0.1) is 17.8 Å². The Morgan fingerprint density at radius 3 is 1.38 bits per heavy atom. The molecule has 0 saturated heterocycles. The number of hydrogen-bond donors (Lipinski definition) is 2. The Hall–Kier alpha value is -8.40. The predicted molar refractivity (Wildman–Crippen MR) is 285 cm³/mol. The lowest BCUT2D eigenvalue weighted by Crippen LogP contribution is -2.47. The van der Waals surface area contributed by atoms with Crippen molar-refractivity contribution >= 4 is 35.7 Å². The van der Waals surface area contributed by atoms with E-state index < -0.39 is 60.0 Å². The van der Waals surface area contributed by atoms with Gasteiger partial charge in [0.05, 0.1) is 14.2 Å². The van der Waals surface area contributed by atoms with Gasteiger partial charge in [-0.25, -0.2) is 19.6 Å². The molecule has 6 rings (SSSR count). The summed E-state index contributed by atoms with van der Waals surface area (Å²) in [5, 5.41) is 5.38. The van der Waals surface area contributed by atoms with Crippen LogP contribution in [0.1, 0.15) is 91.7 Å². The highest BCUT2D eigenvalue weighted by Crippen LogP contribution is 2.32. The number of aromatic nitrogens is 2. The molecule has 0 fully saturated rings. The van der Waals surface area contributed by atoms with Gasteiger partial charge in [0.2, 0.25) is 11.5 Å². The fourth-order valence-electron chi connectivity index (χ4n) is 8.71. The molecule has 2 N–H and O–H groups in total. The van der Waals surface area contributed by atoms with Crippen LogP contribution in [0.3, 0.4) is 0 Å². The number of esters is 4. The molecule has 2 heterocycles. The van der Waals surface area contributed by atoms with E-state index in [0.29, 0.717) is 25.7 Å². The summed E-state index contributed by atoms with van der Waals surface area (Å²) in [7, 11) is 2.75. The van der Waals surface area contributed by atoms with E-state index >= 15 is 0 Å². The Bertz CT molecular complexity index is 2950. The van der Waals surface area contributed by atoms with Gasteiger partial charge in [0.25, 0.3) is 11.8 Å². The fourth-order valence-corrected chi connectivity index (χ4v) is 8.71. The van der Waals surface area contributed by atoms with Crippen molar-refractivity contribution in [3.63, 3.8) is 0 Å². The number of hydrogen-bond acceptors (Lipinski definition) is 14. The molecule has 0 bridgehead atoms. The molecule has 0 aliphatic rings. The van der Waals surface area contributed by atoms with E-state index in [1.54, 1.807) is 13.8 Å². The SMILES string of the molecule is COc1ccnc(C(=O)N[C@@H](C)C(=O)OC(C)C(Cc2ccccc2)Cc2cccc(-c3ccc(CC(Cc4ccccc4)C(C)OC(=O)[C@@H](NC(=O)c4nccc(OC)c4OC(C)=O)C(C)C)cc3)c2)c1OC(C)=O. The number of benzene rings is 4. The van der Waals surface area contributed by atoms with E-state index in [2.05, 4.69) is 57.0 Å². The van der Waals surface area contributed by atoms with Crippen molar-refractivity contribution < 1.29 is 57.2 Å². The summed E-state index contributed by atoms with van der Waals surface area (Å²) in [6.07, 6.45) is 3.92. The van der Waals surface area contributed by atoms with Crippen LogP contribution in [0.25, 0.3) is 11.1 Å². The second-order valence-corrected chi connectivity index (χ2v) is 18.9. The largest absolute Gasteiger partial charge is 0.493 e. The molecule has 0 radical (unpaired) electrons. The molecule has 6 atom stereocenters. The standard InChI is InChI=1S/C60H66N4O12/c1-36(2)52(64-58(68)54-56(76-41(7)66)51(72-9)28-30-62-54)60(70)74-39(5)48(31-42-17-12-10-13-18-42)33-44-23-25-46(26-24-44)47-22-16-21-45(34-47)35-49(32-43-19-14-11-15-20-43)38(4)73-59(69)37(3)63-57(67)53-55(75-40(6)65)50(71-8)27-29-61-53/h10-30,34,36-39,48-49,52H,31-33,35H2,1-9H3,(H,63,67)(H,64,68)/t37-,38?,39?,48?,49?,52-/m0/s1. The lowest BCUT2D eigenvalue weighted by Gasteiger charge is -2.28. The maximum atomic E-state index is 14.0. The van der Waals surface area contributed by atoms with E-state index in [1.807, 2.05) is 86.6 Å². The van der Waals surface area contributed by atoms with Gasteiger partial charge in [-0.15, -0.1) is 0 Å². The molecule has 16 nitrogen and oxygen atoms in total.